The van der Waals surface area contributed by atoms with Gasteiger partial charge >= 0.3 is 0 Å². The molecule has 3 rings (SSSR count). The molecule has 0 aromatic heterocycles. The molecule has 1 heterocycles. The lowest BCUT2D eigenvalue weighted by Gasteiger charge is -2.37. The Morgan fingerprint density at radius 2 is 1.94 bits per heavy atom. The van der Waals surface area contributed by atoms with Gasteiger partial charge in [-0.15, -0.1) is 11.8 Å². The predicted octanol–water partition coefficient (Wildman–Crippen LogP) is 7.12. The van der Waals surface area contributed by atoms with Gasteiger partial charge in [0.05, 0.1) is 0 Å². The van der Waals surface area contributed by atoms with Crippen LogP contribution in [0.15, 0.2) is 102 Å². The molecule has 2 unspecified atom stereocenters. The summed E-state index contributed by atoms with van der Waals surface area (Å²) in [5.74, 6) is 0. The van der Waals surface area contributed by atoms with Gasteiger partial charge in [-0.1, -0.05) is 73.9 Å². The van der Waals surface area contributed by atoms with Crippen LogP contribution in [0.2, 0.25) is 0 Å². The molecule has 0 N–H and O–H groups in total. The number of likely N-dealkylation sites (tertiary alicyclic amines) is 1. The van der Waals surface area contributed by atoms with Gasteiger partial charge in [-0.3, -0.25) is 4.90 Å². The molecule has 1 saturated heterocycles. The predicted molar refractivity (Wildman–Crippen MR) is 143 cm³/mol. The molecule has 32 heavy (non-hydrogen) atoms. The number of allylic oxidation sites excluding steroid dienone is 6. The number of rotatable bonds is 10. The fourth-order valence-electron chi connectivity index (χ4n) is 4.99. The van der Waals surface area contributed by atoms with Crippen LogP contribution in [-0.4, -0.2) is 41.2 Å². The maximum atomic E-state index is 3.94. The third kappa shape index (κ3) is 6.40. The van der Waals surface area contributed by atoms with Crippen LogP contribution in [-0.2, 0) is 6.54 Å². The van der Waals surface area contributed by atoms with E-state index in [4.69, 9.17) is 0 Å². The van der Waals surface area contributed by atoms with Crippen LogP contribution in [0.5, 0.6) is 0 Å². The van der Waals surface area contributed by atoms with Crippen molar-refractivity contribution in [3.8, 4) is 0 Å². The molecular weight excluding hydrogens is 408 g/mol. The van der Waals surface area contributed by atoms with Crippen LogP contribution in [0.1, 0.15) is 38.2 Å². The van der Waals surface area contributed by atoms with Crippen LogP contribution in [0.25, 0.3) is 0 Å². The second-order valence-corrected chi connectivity index (χ2v) is 9.29. The minimum Gasteiger partial charge on any atom is -0.366 e. The topological polar surface area (TPSA) is 6.48 Å². The molecule has 0 amide bonds. The van der Waals surface area contributed by atoms with Crippen molar-refractivity contribution in [2.45, 2.75) is 51.2 Å². The summed E-state index contributed by atoms with van der Waals surface area (Å²) in [4.78, 5) is 5.35. The Morgan fingerprint density at radius 3 is 2.62 bits per heavy atom. The third-order valence-electron chi connectivity index (χ3n) is 6.54. The average molecular weight is 447 g/mol. The summed E-state index contributed by atoms with van der Waals surface area (Å²) in [5, 5.41) is 2.29. The van der Waals surface area contributed by atoms with Gasteiger partial charge in [0.25, 0.3) is 0 Å². The number of nitrogens with zero attached hydrogens (tertiary/aromatic N) is 2. The molecule has 0 radical (unpaired) electrons. The van der Waals surface area contributed by atoms with E-state index in [0.29, 0.717) is 12.1 Å². The van der Waals surface area contributed by atoms with Crippen molar-refractivity contribution in [2.75, 3.05) is 19.3 Å². The van der Waals surface area contributed by atoms with Crippen LogP contribution >= 0.6 is 11.8 Å². The van der Waals surface area contributed by atoms with Crippen LogP contribution in [0, 0.1) is 0 Å². The van der Waals surface area contributed by atoms with Crippen LogP contribution in [0.3, 0.4) is 0 Å². The molecule has 2 nitrogen and oxygen atoms in total. The SMILES string of the molecule is C=C/C=C\C(=C/SC)N(CC1CCCN1Cc1ccccc1)C1CC(=C/C)/C(=C\C=C)C1. The van der Waals surface area contributed by atoms with Gasteiger partial charge in [0.1, 0.15) is 0 Å². The fourth-order valence-corrected chi connectivity index (χ4v) is 5.45. The lowest BCUT2D eigenvalue weighted by atomic mass is 10.1. The summed E-state index contributed by atoms with van der Waals surface area (Å²) in [6, 6.07) is 11.9. The summed E-state index contributed by atoms with van der Waals surface area (Å²) in [5.41, 5.74) is 5.60. The molecule has 1 aromatic carbocycles. The highest BCUT2D eigenvalue weighted by molar-refractivity contribution is 8.01. The van der Waals surface area contributed by atoms with E-state index < -0.39 is 0 Å². The number of hydrogen-bond acceptors (Lipinski definition) is 3. The Hall–Kier alpha value is -2.23. The lowest BCUT2D eigenvalue weighted by Crippen LogP contribution is -2.43. The zero-order chi connectivity index (χ0) is 22.8. The fraction of sp³-hybridized carbons (Fsp3) is 0.379. The summed E-state index contributed by atoms with van der Waals surface area (Å²) in [6.07, 6.45) is 19.4. The normalized spacial score (nSPS) is 24.6. The van der Waals surface area contributed by atoms with E-state index in [1.165, 1.54) is 41.8 Å². The average Bonchev–Trinajstić information content (AvgIpc) is 3.42. The Kier molecular flexibility index (Phi) is 9.70. The Bertz CT molecular complexity index is 878. The van der Waals surface area contributed by atoms with E-state index in [-0.39, 0.29) is 0 Å². The molecule has 3 heteroatoms. The molecule has 1 saturated carbocycles. The molecule has 0 bridgehead atoms. The summed E-state index contributed by atoms with van der Waals surface area (Å²) >= 11 is 1.78. The van der Waals surface area contributed by atoms with Gasteiger partial charge in [-0.2, -0.15) is 0 Å². The van der Waals surface area contributed by atoms with Gasteiger partial charge < -0.3 is 4.90 Å². The largest absolute Gasteiger partial charge is 0.366 e. The van der Waals surface area contributed by atoms with Crippen molar-refractivity contribution < 1.29 is 0 Å². The first-order valence-corrected chi connectivity index (χ1v) is 13.0. The number of hydrogen-bond donors (Lipinski definition) is 0. The molecular formula is C29H38N2S. The van der Waals surface area contributed by atoms with E-state index in [9.17, 15) is 0 Å². The highest BCUT2D eigenvalue weighted by Crippen LogP contribution is 2.37. The minimum absolute atomic E-state index is 0.472. The van der Waals surface area contributed by atoms with E-state index >= 15 is 0 Å². The molecule has 2 atom stereocenters. The quantitative estimate of drug-likeness (QED) is 0.353. The van der Waals surface area contributed by atoms with Gasteiger partial charge in [0, 0.05) is 30.9 Å². The maximum absolute atomic E-state index is 3.94. The molecule has 0 spiro atoms. The van der Waals surface area contributed by atoms with E-state index in [1.54, 1.807) is 11.8 Å². The van der Waals surface area contributed by atoms with Crippen molar-refractivity contribution >= 4 is 11.8 Å². The Morgan fingerprint density at radius 1 is 1.16 bits per heavy atom. The van der Waals surface area contributed by atoms with Crippen LogP contribution < -0.4 is 0 Å². The highest BCUT2D eigenvalue weighted by atomic mass is 32.2. The molecule has 1 aliphatic heterocycles. The molecule has 2 aliphatic rings. The van der Waals surface area contributed by atoms with Gasteiger partial charge in [-0.25, -0.2) is 0 Å². The monoisotopic (exact) mass is 446 g/mol. The van der Waals surface area contributed by atoms with Gasteiger partial charge in [0.15, 0.2) is 0 Å². The smallest absolute Gasteiger partial charge is 0.0433 e. The van der Waals surface area contributed by atoms with Crippen molar-refractivity contribution in [2.24, 2.45) is 0 Å². The summed E-state index contributed by atoms with van der Waals surface area (Å²) in [6.45, 7) is 13.3. The van der Waals surface area contributed by atoms with Gasteiger partial charge in [0.2, 0.25) is 0 Å². The van der Waals surface area contributed by atoms with Crippen molar-refractivity contribution in [1.29, 1.82) is 0 Å². The van der Waals surface area contributed by atoms with Gasteiger partial charge in [-0.05, 0) is 73.6 Å². The van der Waals surface area contributed by atoms with E-state index in [2.05, 4.69) is 96.2 Å². The Balaban J connectivity index is 1.86. The van der Waals surface area contributed by atoms with E-state index in [1.807, 2.05) is 12.2 Å². The molecule has 2 fully saturated rings. The summed E-state index contributed by atoms with van der Waals surface area (Å²) < 4.78 is 0. The molecule has 170 valence electrons. The lowest BCUT2D eigenvalue weighted by molar-refractivity contribution is 0.167. The first-order valence-electron chi connectivity index (χ1n) is 11.7. The molecule has 1 aliphatic carbocycles. The molecule has 1 aromatic rings. The number of thioether (sulfide) groups is 1. The van der Waals surface area contributed by atoms with Crippen molar-refractivity contribution in [3.05, 3.63) is 108 Å². The van der Waals surface area contributed by atoms with Crippen LogP contribution in [0.4, 0.5) is 0 Å². The Labute approximate surface area is 199 Å². The third-order valence-corrected chi connectivity index (χ3v) is 7.02. The standard InChI is InChI=1S/C29H38N2S/c1-5-8-16-28(23-32-4)31(29-19-25(7-3)26(20-29)13-6-2)22-27-17-12-18-30(27)21-24-14-10-9-11-15-24/h5-11,13-16,23,27,29H,1-2,12,17-22H2,3-4H3/b16-8-,25-7-,26-13-,28-23+. The first-order chi connectivity index (χ1) is 15.7. The van der Waals surface area contributed by atoms with E-state index in [0.717, 1.165) is 25.9 Å². The maximum Gasteiger partial charge on any atom is 0.0433 e. The zero-order valence-electron chi connectivity index (χ0n) is 19.7. The first kappa shape index (κ1) is 24.4. The number of benzene rings is 1. The minimum atomic E-state index is 0.472. The second kappa shape index (κ2) is 12.7. The summed E-state index contributed by atoms with van der Waals surface area (Å²) in [7, 11) is 0. The van der Waals surface area contributed by atoms with Crippen molar-refractivity contribution in [1.82, 2.24) is 9.80 Å². The zero-order valence-corrected chi connectivity index (χ0v) is 20.6. The highest BCUT2D eigenvalue weighted by Gasteiger charge is 2.33. The van der Waals surface area contributed by atoms with Crippen molar-refractivity contribution in [3.63, 3.8) is 0 Å². The second-order valence-electron chi connectivity index (χ2n) is 8.58.